The smallest absolute Gasteiger partial charge is 0.335 e. The van der Waals surface area contributed by atoms with Crippen LogP contribution in [0.1, 0.15) is 40.6 Å². The van der Waals surface area contributed by atoms with Crippen molar-refractivity contribution in [3.8, 4) is 0 Å². The topological polar surface area (TPSA) is 93.5 Å². The first-order valence-electron chi connectivity index (χ1n) is 8.73. The van der Waals surface area contributed by atoms with E-state index in [0.29, 0.717) is 18.7 Å². The molecule has 2 heterocycles. The molecule has 2 aromatic rings. The van der Waals surface area contributed by atoms with Gasteiger partial charge in [-0.25, -0.2) is 4.79 Å². The number of rotatable bonds is 6. The number of ether oxygens (including phenoxy) is 1. The molecule has 2 atom stereocenters. The highest BCUT2D eigenvalue weighted by atomic mass is 16.5. The molecule has 1 aliphatic heterocycles. The van der Waals surface area contributed by atoms with E-state index in [1.807, 2.05) is 13.1 Å². The molecule has 0 radical (unpaired) electrons. The van der Waals surface area contributed by atoms with Gasteiger partial charge in [0.15, 0.2) is 0 Å². The first kappa shape index (κ1) is 18.1. The van der Waals surface area contributed by atoms with E-state index >= 15 is 0 Å². The zero-order chi connectivity index (χ0) is 18.5. The number of benzene rings is 1. The zero-order valence-corrected chi connectivity index (χ0v) is 14.7. The monoisotopic (exact) mass is 357 g/mol. The van der Waals surface area contributed by atoms with E-state index in [0.717, 1.165) is 18.5 Å². The van der Waals surface area contributed by atoms with E-state index < -0.39 is 5.97 Å². The van der Waals surface area contributed by atoms with E-state index in [1.165, 1.54) is 6.07 Å². The minimum absolute atomic E-state index is 0.0480. The molecule has 0 saturated carbocycles. The fourth-order valence-electron chi connectivity index (χ4n) is 3.41. The molecule has 3 rings (SSSR count). The third kappa shape index (κ3) is 4.11. The van der Waals surface area contributed by atoms with Gasteiger partial charge < -0.3 is 15.2 Å². The Balaban J connectivity index is 1.61. The summed E-state index contributed by atoms with van der Waals surface area (Å²) in [5.74, 6) is -1.05. The van der Waals surface area contributed by atoms with Gasteiger partial charge in [0.2, 0.25) is 5.91 Å². The highest BCUT2D eigenvalue weighted by Gasteiger charge is 2.29. The van der Waals surface area contributed by atoms with Gasteiger partial charge >= 0.3 is 5.97 Å². The Kier molecular flexibility index (Phi) is 5.68. The van der Waals surface area contributed by atoms with Gasteiger partial charge in [0, 0.05) is 32.3 Å². The van der Waals surface area contributed by atoms with Gasteiger partial charge in [-0.05, 0) is 30.5 Å². The van der Waals surface area contributed by atoms with Crippen LogP contribution in [0.2, 0.25) is 0 Å². The number of hydrogen-bond acceptors (Lipinski definition) is 4. The van der Waals surface area contributed by atoms with Crippen LogP contribution in [0, 0.1) is 5.92 Å². The Bertz CT molecular complexity index is 787. The molecule has 0 unspecified atom stereocenters. The number of nitrogens with zero attached hydrogens (tertiary/aromatic N) is 2. The van der Waals surface area contributed by atoms with Crippen molar-refractivity contribution in [1.82, 2.24) is 15.1 Å². The summed E-state index contributed by atoms with van der Waals surface area (Å²) < 4.78 is 7.73. The maximum atomic E-state index is 12.3. The van der Waals surface area contributed by atoms with E-state index in [1.54, 1.807) is 29.1 Å². The summed E-state index contributed by atoms with van der Waals surface area (Å²) >= 11 is 0. The summed E-state index contributed by atoms with van der Waals surface area (Å²) in [5.41, 5.74) is 1.68. The fraction of sp³-hybridized carbons (Fsp3) is 0.421. The summed E-state index contributed by atoms with van der Waals surface area (Å²) in [6.45, 7) is 1.19. The average Bonchev–Trinajstić information content (AvgIpc) is 3.06. The molecule has 0 spiro atoms. The van der Waals surface area contributed by atoms with Gasteiger partial charge in [-0.3, -0.25) is 9.48 Å². The number of aryl methyl sites for hydroxylation is 1. The maximum absolute atomic E-state index is 12.3. The number of carbonyl (C=O) groups is 2. The molecule has 1 aliphatic rings. The second kappa shape index (κ2) is 8.14. The second-order valence-corrected chi connectivity index (χ2v) is 6.52. The SMILES string of the molecule is Cn1nccc1[C@@H]1OCCC[C@H]1CNC(=O)Cc1ccccc1C(=O)O. The van der Waals surface area contributed by atoms with Crippen molar-refractivity contribution in [2.24, 2.45) is 13.0 Å². The van der Waals surface area contributed by atoms with Crippen molar-refractivity contribution in [3.63, 3.8) is 0 Å². The minimum Gasteiger partial charge on any atom is -0.478 e. The minimum atomic E-state index is -1.02. The number of carboxylic acid groups (broad SMARTS) is 1. The first-order chi connectivity index (χ1) is 12.6. The lowest BCUT2D eigenvalue weighted by Gasteiger charge is -2.32. The number of aromatic carboxylic acids is 1. The van der Waals surface area contributed by atoms with Crippen molar-refractivity contribution in [1.29, 1.82) is 0 Å². The Labute approximate surface area is 152 Å². The molecule has 7 nitrogen and oxygen atoms in total. The molecule has 1 fully saturated rings. The highest BCUT2D eigenvalue weighted by molar-refractivity contribution is 5.91. The van der Waals surface area contributed by atoms with Crippen molar-refractivity contribution in [2.75, 3.05) is 13.2 Å². The number of carboxylic acids is 1. The summed E-state index contributed by atoms with van der Waals surface area (Å²) in [4.78, 5) is 23.6. The number of amides is 1. The van der Waals surface area contributed by atoms with E-state index in [2.05, 4.69) is 10.4 Å². The lowest BCUT2D eigenvalue weighted by Crippen LogP contribution is -2.36. The number of carbonyl (C=O) groups excluding carboxylic acids is 1. The Hall–Kier alpha value is -2.67. The Morgan fingerprint density at radius 1 is 1.35 bits per heavy atom. The molecule has 26 heavy (non-hydrogen) atoms. The Morgan fingerprint density at radius 3 is 2.88 bits per heavy atom. The predicted molar refractivity (Wildman–Crippen MR) is 94.7 cm³/mol. The third-order valence-electron chi connectivity index (χ3n) is 4.76. The molecular formula is C19H23N3O4. The normalized spacial score (nSPS) is 19.9. The molecule has 1 saturated heterocycles. The Morgan fingerprint density at radius 2 is 2.15 bits per heavy atom. The zero-order valence-electron chi connectivity index (χ0n) is 14.7. The van der Waals surface area contributed by atoms with Gasteiger partial charge in [-0.1, -0.05) is 18.2 Å². The van der Waals surface area contributed by atoms with Gasteiger partial charge in [0.1, 0.15) is 6.10 Å². The second-order valence-electron chi connectivity index (χ2n) is 6.52. The molecule has 1 amide bonds. The molecule has 2 N–H and O–H groups in total. The predicted octanol–water partition coefficient (Wildman–Crippen LogP) is 1.94. The largest absolute Gasteiger partial charge is 0.478 e. The van der Waals surface area contributed by atoms with Crippen LogP contribution in [0.5, 0.6) is 0 Å². The molecule has 1 aromatic carbocycles. The first-order valence-corrected chi connectivity index (χ1v) is 8.73. The van der Waals surface area contributed by atoms with E-state index in [9.17, 15) is 14.7 Å². The van der Waals surface area contributed by atoms with Crippen molar-refractivity contribution in [3.05, 3.63) is 53.3 Å². The van der Waals surface area contributed by atoms with Crippen LogP contribution in [-0.2, 0) is 23.0 Å². The number of hydrogen-bond donors (Lipinski definition) is 2. The van der Waals surface area contributed by atoms with Crippen LogP contribution in [-0.4, -0.2) is 39.9 Å². The molecule has 138 valence electrons. The lowest BCUT2D eigenvalue weighted by atomic mass is 9.92. The standard InChI is InChI=1S/C19H23N3O4/c1-22-16(8-9-21-22)18-14(6-4-10-26-18)12-20-17(23)11-13-5-2-3-7-15(13)19(24)25/h2-3,5,7-9,14,18H,4,6,10-12H2,1H3,(H,20,23)(H,24,25)/t14-,18+/m0/s1. The van der Waals surface area contributed by atoms with Crippen LogP contribution in [0.25, 0.3) is 0 Å². The van der Waals surface area contributed by atoms with Crippen LogP contribution < -0.4 is 5.32 Å². The quantitative estimate of drug-likeness (QED) is 0.824. The molecule has 0 bridgehead atoms. The summed E-state index contributed by atoms with van der Waals surface area (Å²) in [5, 5.41) is 16.4. The van der Waals surface area contributed by atoms with E-state index in [4.69, 9.17) is 4.74 Å². The molecule has 7 heteroatoms. The summed E-state index contributed by atoms with van der Waals surface area (Å²) in [7, 11) is 1.88. The van der Waals surface area contributed by atoms with Crippen molar-refractivity contribution in [2.45, 2.75) is 25.4 Å². The van der Waals surface area contributed by atoms with Crippen molar-refractivity contribution < 1.29 is 19.4 Å². The van der Waals surface area contributed by atoms with Crippen LogP contribution in [0.4, 0.5) is 0 Å². The highest BCUT2D eigenvalue weighted by Crippen LogP contribution is 2.32. The van der Waals surface area contributed by atoms with Crippen LogP contribution in [0.3, 0.4) is 0 Å². The lowest BCUT2D eigenvalue weighted by molar-refractivity contribution is -0.121. The fourth-order valence-corrected chi connectivity index (χ4v) is 3.41. The summed E-state index contributed by atoms with van der Waals surface area (Å²) in [6, 6.07) is 8.52. The van der Waals surface area contributed by atoms with Gasteiger partial charge in [-0.15, -0.1) is 0 Å². The molecule has 0 aliphatic carbocycles. The number of aromatic nitrogens is 2. The van der Waals surface area contributed by atoms with Gasteiger partial charge in [0.25, 0.3) is 0 Å². The van der Waals surface area contributed by atoms with Crippen LogP contribution >= 0.6 is 0 Å². The van der Waals surface area contributed by atoms with Gasteiger partial charge in [-0.2, -0.15) is 5.10 Å². The molecular weight excluding hydrogens is 334 g/mol. The number of nitrogens with one attached hydrogen (secondary N) is 1. The van der Waals surface area contributed by atoms with Gasteiger partial charge in [0.05, 0.1) is 17.7 Å². The van der Waals surface area contributed by atoms with E-state index in [-0.39, 0.29) is 29.9 Å². The average molecular weight is 357 g/mol. The third-order valence-corrected chi connectivity index (χ3v) is 4.76. The summed E-state index contributed by atoms with van der Waals surface area (Å²) in [6.07, 6.45) is 3.61. The van der Waals surface area contributed by atoms with Crippen molar-refractivity contribution >= 4 is 11.9 Å². The maximum Gasteiger partial charge on any atom is 0.335 e. The van der Waals surface area contributed by atoms with Crippen LogP contribution in [0.15, 0.2) is 36.5 Å². The molecule has 1 aromatic heterocycles.